The molecule has 23 heavy (non-hydrogen) atoms. The fourth-order valence-corrected chi connectivity index (χ4v) is 4.02. The lowest BCUT2D eigenvalue weighted by atomic mass is 10.2. The Kier molecular flexibility index (Phi) is 5.30. The number of aliphatic carboxylic acids is 1. The van der Waals surface area contributed by atoms with Crippen molar-refractivity contribution in [1.29, 1.82) is 0 Å². The average molecular weight is 337 g/mol. The third-order valence-corrected chi connectivity index (χ3v) is 5.43. The summed E-state index contributed by atoms with van der Waals surface area (Å²) in [6, 6.07) is 1.65. The molecule has 1 N–H and O–H groups in total. The van der Waals surface area contributed by atoms with Crippen LogP contribution in [0.1, 0.15) is 18.4 Å². The van der Waals surface area contributed by atoms with Gasteiger partial charge < -0.3 is 10.0 Å². The summed E-state index contributed by atoms with van der Waals surface area (Å²) in [7, 11) is 0. The summed E-state index contributed by atoms with van der Waals surface area (Å²) in [6.07, 6.45) is 1.51. The molecule has 3 rings (SSSR count). The number of nitrogens with zero attached hydrogens (tertiary/aromatic N) is 3. The number of carbonyl (C=O) groups excluding carboxylic acids is 1. The van der Waals surface area contributed by atoms with Gasteiger partial charge in [-0.3, -0.25) is 19.4 Å². The van der Waals surface area contributed by atoms with Gasteiger partial charge in [-0.05, 0) is 41.8 Å². The first-order chi connectivity index (χ1) is 11.1. The Morgan fingerprint density at radius 2 is 2.00 bits per heavy atom. The van der Waals surface area contributed by atoms with Crippen LogP contribution in [0.2, 0.25) is 0 Å². The molecule has 1 aromatic rings. The first-order valence-electron chi connectivity index (χ1n) is 8.11. The smallest absolute Gasteiger partial charge is 0.320 e. The van der Waals surface area contributed by atoms with Gasteiger partial charge in [-0.15, -0.1) is 0 Å². The van der Waals surface area contributed by atoms with Crippen LogP contribution in [0.3, 0.4) is 0 Å². The van der Waals surface area contributed by atoms with Crippen molar-refractivity contribution in [3.63, 3.8) is 0 Å². The van der Waals surface area contributed by atoms with Gasteiger partial charge in [0.25, 0.3) is 0 Å². The number of piperazine rings is 1. The predicted molar refractivity (Wildman–Crippen MR) is 88.4 cm³/mol. The molecule has 0 spiro atoms. The molecule has 0 saturated carbocycles. The summed E-state index contributed by atoms with van der Waals surface area (Å²) in [5, 5.41) is 13.4. The second-order valence-electron chi connectivity index (χ2n) is 6.26. The minimum Gasteiger partial charge on any atom is -0.480 e. The number of hydrogen-bond acceptors (Lipinski definition) is 5. The first-order valence-corrected chi connectivity index (χ1v) is 9.06. The predicted octanol–water partition coefficient (Wildman–Crippen LogP) is 0.941. The van der Waals surface area contributed by atoms with Gasteiger partial charge in [0.2, 0.25) is 5.91 Å². The lowest BCUT2D eigenvalue weighted by Gasteiger charge is -2.35. The van der Waals surface area contributed by atoms with Crippen LogP contribution >= 0.6 is 11.3 Å². The molecule has 0 radical (unpaired) electrons. The highest BCUT2D eigenvalue weighted by Gasteiger charge is 2.33. The van der Waals surface area contributed by atoms with E-state index in [1.807, 2.05) is 9.80 Å². The number of rotatable bonds is 5. The van der Waals surface area contributed by atoms with E-state index in [0.29, 0.717) is 13.0 Å². The van der Waals surface area contributed by atoms with Crippen molar-refractivity contribution in [3.05, 3.63) is 22.4 Å². The second kappa shape index (κ2) is 7.42. The monoisotopic (exact) mass is 337 g/mol. The van der Waals surface area contributed by atoms with Crippen molar-refractivity contribution in [3.8, 4) is 0 Å². The Morgan fingerprint density at radius 3 is 2.65 bits per heavy atom. The van der Waals surface area contributed by atoms with Crippen molar-refractivity contribution in [2.45, 2.75) is 25.4 Å². The minimum absolute atomic E-state index is 0.0633. The molecule has 1 amide bonds. The molecule has 0 aromatic carbocycles. The minimum atomic E-state index is -0.809. The maximum absolute atomic E-state index is 12.4. The lowest BCUT2D eigenvalue weighted by molar-refractivity contribution is -0.143. The van der Waals surface area contributed by atoms with E-state index >= 15 is 0 Å². The molecule has 2 saturated heterocycles. The lowest BCUT2D eigenvalue weighted by Crippen LogP contribution is -2.51. The van der Waals surface area contributed by atoms with E-state index < -0.39 is 12.0 Å². The number of carboxylic acid groups (broad SMARTS) is 1. The van der Waals surface area contributed by atoms with Crippen LogP contribution in [0.25, 0.3) is 0 Å². The third-order valence-electron chi connectivity index (χ3n) is 4.70. The molecule has 0 aliphatic carbocycles. The molecule has 1 aromatic heterocycles. The molecule has 1 atom stereocenters. The summed E-state index contributed by atoms with van der Waals surface area (Å²) < 4.78 is 0. The standard InChI is InChI=1S/C16H23N3O3S/c20-15(11-19-4-1-2-14(19)16(21)22)18-7-5-17(6-8-18)10-13-3-9-23-12-13/h3,9,12,14H,1-2,4-8,10-11H2,(H,21,22)/t14-/m0/s1. The number of carbonyl (C=O) groups is 2. The van der Waals surface area contributed by atoms with E-state index in [4.69, 9.17) is 0 Å². The zero-order valence-electron chi connectivity index (χ0n) is 13.2. The maximum Gasteiger partial charge on any atom is 0.320 e. The highest BCUT2D eigenvalue weighted by atomic mass is 32.1. The molecule has 6 nitrogen and oxygen atoms in total. The topological polar surface area (TPSA) is 64.1 Å². The molecule has 7 heteroatoms. The van der Waals surface area contributed by atoms with Crippen molar-refractivity contribution in [2.75, 3.05) is 39.3 Å². The van der Waals surface area contributed by atoms with E-state index in [9.17, 15) is 14.7 Å². The number of likely N-dealkylation sites (tertiary alicyclic amines) is 1. The van der Waals surface area contributed by atoms with E-state index in [1.165, 1.54) is 5.56 Å². The van der Waals surface area contributed by atoms with Crippen LogP contribution in [-0.4, -0.2) is 77.0 Å². The SMILES string of the molecule is O=C(O)[C@@H]1CCCN1CC(=O)N1CCN(Cc2ccsc2)CC1. The number of thiophene rings is 1. The number of amides is 1. The Balaban J connectivity index is 1.45. The van der Waals surface area contributed by atoms with Gasteiger partial charge in [-0.2, -0.15) is 11.3 Å². The highest BCUT2D eigenvalue weighted by molar-refractivity contribution is 7.07. The quantitative estimate of drug-likeness (QED) is 0.866. The summed E-state index contributed by atoms with van der Waals surface area (Å²) in [5.74, 6) is -0.746. The van der Waals surface area contributed by atoms with Gasteiger partial charge in [-0.1, -0.05) is 0 Å². The van der Waals surface area contributed by atoms with Gasteiger partial charge in [0, 0.05) is 32.7 Å². The first kappa shape index (κ1) is 16.4. The normalized spacial score (nSPS) is 23.3. The second-order valence-corrected chi connectivity index (χ2v) is 7.04. The molecule has 2 aliphatic rings. The zero-order chi connectivity index (χ0) is 16.2. The molecule has 0 unspecified atom stereocenters. The van der Waals surface area contributed by atoms with Crippen molar-refractivity contribution >= 4 is 23.2 Å². The van der Waals surface area contributed by atoms with Crippen LogP contribution < -0.4 is 0 Å². The van der Waals surface area contributed by atoms with E-state index in [2.05, 4.69) is 21.7 Å². The Hall–Kier alpha value is -1.44. The van der Waals surface area contributed by atoms with E-state index in [0.717, 1.165) is 39.1 Å². The fraction of sp³-hybridized carbons (Fsp3) is 0.625. The molecule has 3 heterocycles. The Morgan fingerprint density at radius 1 is 1.22 bits per heavy atom. The molecular formula is C16H23N3O3S. The van der Waals surface area contributed by atoms with Crippen molar-refractivity contribution in [1.82, 2.24) is 14.7 Å². The third kappa shape index (κ3) is 4.10. The summed E-state index contributed by atoms with van der Waals surface area (Å²) in [4.78, 5) is 29.7. The van der Waals surface area contributed by atoms with Crippen molar-refractivity contribution in [2.24, 2.45) is 0 Å². The van der Waals surface area contributed by atoms with Crippen LogP contribution in [0.4, 0.5) is 0 Å². The van der Waals surface area contributed by atoms with Gasteiger partial charge in [0.1, 0.15) is 6.04 Å². The van der Waals surface area contributed by atoms with Crippen LogP contribution in [0.5, 0.6) is 0 Å². The largest absolute Gasteiger partial charge is 0.480 e. The number of carboxylic acids is 1. The molecule has 0 bridgehead atoms. The molecule has 2 fully saturated rings. The Bertz CT molecular complexity index is 541. The van der Waals surface area contributed by atoms with E-state index in [-0.39, 0.29) is 12.5 Å². The molecular weight excluding hydrogens is 314 g/mol. The Labute approximate surface area is 140 Å². The van der Waals surface area contributed by atoms with Crippen LogP contribution in [0, 0.1) is 0 Å². The van der Waals surface area contributed by atoms with Crippen LogP contribution in [0.15, 0.2) is 16.8 Å². The summed E-state index contributed by atoms with van der Waals surface area (Å²) in [5.41, 5.74) is 1.33. The summed E-state index contributed by atoms with van der Waals surface area (Å²) >= 11 is 1.71. The highest BCUT2D eigenvalue weighted by Crippen LogP contribution is 2.18. The fourth-order valence-electron chi connectivity index (χ4n) is 3.36. The van der Waals surface area contributed by atoms with Gasteiger partial charge in [0.05, 0.1) is 6.54 Å². The van der Waals surface area contributed by atoms with Gasteiger partial charge in [-0.25, -0.2) is 0 Å². The average Bonchev–Trinajstić information content (AvgIpc) is 3.19. The van der Waals surface area contributed by atoms with Gasteiger partial charge >= 0.3 is 5.97 Å². The molecule has 2 aliphatic heterocycles. The maximum atomic E-state index is 12.4. The van der Waals surface area contributed by atoms with E-state index in [1.54, 1.807) is 11.3 Å². The van der Waals surface area contributed by atoms with Gasteiger partial charge in [0.15, 0.2) is 0 Å². The summed E-state index contributed by atoms with van der Waals surface area (Å²) in [6.45, 7) is 5.11. The number of hydrogen-bond donors (Lipinski definition) is 1. The van der Waals surface area contributed by atoms with Crippen LogP contribution in [-0.2, 0) is 16.1 Å². The molecule has 126 valence electrons. The van der Waals surface area contributed by atoms with Crippen molar-refractivity contribution < 1.29 is 14.7 Å². The zero-order valence-corrected chi connectivity index (χ0v) is 14.0.